The van der Waals surface area contributed by atoms with E-state index in [2.05, 4.69) is 0 Å². The number of carbonyl (C=O) groups is 1. The maximum Gasteiger partial charge on any atom is 0.243 e. The topological polar surface area (TPSA) is 83.7 Å². The Kier molecular flexibility index (Phi) is 5.93. The molecule has 150 valence electrons. The zero-order chi connectivity index (χ0) is 19.8. The standard InChI is InChI=1S/C20H31N3O3S/c1-14-12-15(2)19(16(3)13-14)27(25,26)23-10-4-17(5-11-23)20(24)22-8-6-18(21)7-9-22/h12-13,17-18H,4-11,21H2,1-3H3. The van der Waals surface area contributed by atoms with Gasteiger partial charge in [-0.05, 0) is 57.6 Å². The number of amides is 1. The number of benzene rings is 1. The van der Waals surface area contributed by atoms with Crippen LogP contribution in [0.3, 0.4) is 0 Å². The lowest BCUT2D eigenvalue weighted by Crippen LogP contribution is -2.48. The number of carbonyl (C=O) groups excluding carboxylic acids is 1. The lowest BCUT2D eigenvalue weighted by Gasteiger charge is -2.36. The fraction of sp³-hybridized carbons (Fsp3) is 0.650. The fourth-order valence-electron chi connectivity index (χ4n) is 4.42. The van der Waals surface area contributed by atoms with Crippen LogP contribution >= 0.6 is 0 Å². The van der Waals surface area contributed by atoms with Gasteiger partial charge in [0.25, 0.3) is 0 Å². The van der Waals surface area contributed by atoms with Crippen LogP contribution in [0.4, 0.5) is 0 Å². The number of nitrogens with zero attached hydrogens (tertiary/aromatic N) is 2. The van der Waals surface area contributed by atoms with Gasteiger partial charge in [0.15, 0.2) is 0 Å². The van der Waals surface area contributed by atoms with E-state index in [1.807, 2.05) is 37.8 Å². The molecule has 0 radical (unpaired) electrons. The minimum atomic E-state index is -3.53. The highest BCUT2D eigenvalue weighted by molar-refractivity contribution is 7.89. The second kappa shape index (κ2) is 7.89. The van der Waals surface area contributed by atoms with Crippen molar-refractivity contribution in [3.05, 3.63) is 28.8 Å². The molecular formula is C20H31N3O3S. The van der Waals surface area contributed by atoms with E-state index in [9.17, 15) is 13.2 Å². The van der Waals surface area contributed by atoms with Crippen LogP contribution in [-0.2, 0) is 14.8 Å². The first-order valence-electron chi connectivity index (χ1n) is 9.82. The highest BCUT2D eigenvalue weighted by atomic mass is 32.2. The summed E-state index contributed by atoms with van der Waals surface area (Å²) in [7, 11) is -3.53. The molecule has 6 nitrogen and oxygen atoms in total. The average molecular weight is 394 g/mol. The van der Waals surface area contributed by atoms with Crippen molar-refractivity contribution in [2.45, 2.75) is 57.4 Å². The third-order valence-electron chi connectivity index (χ3n) is 5.86. The van der Waals surface area contributed by atoms with E-state index < -0.39 is 10.0 Å². The van der Waals surface area contributed by atoms with Crippen molar-refractivity contribution >= 4 is 15.9 Å². The van der Waals surface area contributed by atoms with Gasteiger partial charge in [-0.3, -0.25) is 4.79 Å². The highest BCUT2D eigenvalue weighted by Gasteiger charge is 2.35. The van der Waals surface area contributed by atoms with Gasteiger partial charge in [0.05, 0.1) is 4.90 Å². The van der Waals surface area contributed by atoms with Crippen molar-refractivity contribution in [2.24, 2.45) is 11.7 Å². The van der Waals surface area contributed by atoms with Crippen molar-refractivity contribution in [3.8, 4) is 0 Å². The van der Waals surface area contributed by atoms with Crippen molar-refractivity contribution < 1.29 is 13.2 Å². The first kappa shape index (κ1) is 20.3. The van der Waals surface area contributed by atoms with Gasteiger partial charge in [-0.2, -0.15) is 4.31 Å². The summed E-state index contributed by atoms with van der Waals surface area (Å²) in [6.45, 7) is 7.92. The van der Waals surface area contributed by atoms with Gasteiger partial charge < -0.3 is 10.6 Å². The second-order valence-electron chi connectivity index (χ2n) is 8.07. The number of rotatable bonds is 3. The number of hydrogen-bond donors (Lipinski definition) is 1. The van der Waals surface area contributed by atoms with Crippen LogP contribution in [0.1, 0.15) is 42.4 Å². The zero-order valence-electron chi connectivity index (χ0n) is 16.6. The molecule has 1 aromatic carbocycles. The Balaban J connectivity index is 1.67. The number of aryl methyl sites for hydroxylation is 3. The fourth-order valence-corrected chi connectivity index (χ4v) is 6.31. The average Bonchev–Trinajstić information content (AvgIpc) is 2.61. The summed E-state index contributed by atoms with van der Waals surface area (Å²) < 4.78 is 27.9. The summed E-state index contributed by atoms with van der Waals surface area (Å²) in [5.41, 5.74) is 8.56. The Morgan fingerprint density at radius 2 is 1.48 bits per heavy atom. The number of hydrogen-bond acceptors (Lipinski definition) is 4. The molecule has 0 saturated carbocycles. The summed E-state index contributed by atoms with van der Waals surface area (Å²) >= 11 is 0. The third-order valence-corrected chi connectivity index (χ3v) is 8.06. The highest BCUT2D eigenvalue weighted by Crippen LogP contribution is 2.29. The van der Waals surface area contributed by atoms with Crippen LogP contribution in [0.2, 0.25) is 0 Å². The molecule has 1 aromatic rings. The number of piperidine rings is 2. The van der Waals surface area contributed by atoms with Gasteiger partial charge >= 0.3 is 0 Å². The maximum absolute atomic E-state index is 13.2. The Morgan fingerprint density at radius 1 is 0.963 bits per heavy atom. The number of likely N-dealkylation sites (tertiary alicyclic amines) is 1. The van der Waals surface area contributed by atoms with E-state index in [0.717, 1.165) is 42.6 Å². The molecule has 2 fully saturated rings. The van der Waals surface area contributed by atoms with E-state index in [4.69, 9.17) is 5.73 Å². The molecule has 0 atom stereocenters. The molecule has 2 aliphatic rings. The molecule has 27 heavy (non-hydrogen) atoms. The monoisotopic (exact) mass is 393 g/mol. The number of sulfonamides is 1. The first-order chi connectivity index (χ1) is 12.7. The molecule has 2 N–H and O–H groups in total. The minimum absolute atomic E-state index is 0.0778. The van der Waals surface area contributed by atoms with E-state index in [1.54, 1.807) is 4.31 Å². The molecule has 2 heterocycles. The van der Waals surface area contributed by atoms with Crippen LogP contribution in [-0.4, -0.2) is 55.8 Å². The quantitative estimate of drug-likeness (QED) is 0.851. The maximum atomic E-state index is 13.2. The Hall–Kier alpha value is -1.44. The lowest BCUT2D eigenvalue weighted by atomic mass is 9.95. The Labute approximate surface area is 162 Å². The van der Waals surface area contributed by atoms with Crippen LogP contribution in [0, 0.1) is 26.7 Å². The van der Waals surface area contributed by atoms with Crippen molar-refractivity contribution in [2.75, 3.05) is 26.2 Å². The predicted octanol–water partition coefficient (Wildman–Crippen LogP) is 1.96. The summed E-state index contributed by atoms with van der Waals surface area (Å²) in [5, 5.41) is 0. The van der Waals surface area contributed by atoms with Gasteiger partial charge in [0.2, 0.25) is 15.9 Å². The van der Waals surface area contributed by atoms with Crippen LogP contribution < -0.4 is 5.73 Å². The third kappa shape index (κ3) is 4.20. The molecule has 0 bridgehead atoms. The van der Waals surface area contributed by atoms with Crippen molar-refractivity contribution in [3.63, 3.8) is 0 Å². The van der Waals surface area contributed by atoms with Gasteiger partial charge in [-0.25, -0.2) is 8.42 Å². The normalized spacial score (nSPS) is 20.8. The van der Waals surface area contributed by atoms with Crippen LogP contribution in [0.5, 0.6) is 0 Å². The zero-order valence-corrected chi connectivity index (χ0v) is 17.4. The van der Waals surface area contributed by atoms with Crippen LogP contribution in [0.15, 0.2) is 17.0 Å². The molecule has 0 aliphatic carbocycles. The van der Waals surface area contributed by atoms with E-state index in [-0.39, 0.29) is 17.9 Å². The second-order valence-corrected chi connectivity index (χ2v) is 9.94. The molecule has 3 rings (SSSR count). The summed E-state index contributed by atoms with van der Waals surface area (Å²) in [4.78, 5) is 15.1. The summed E-state index contributed by atoms with van der Waals surface area (Å²) in [6.07, 6.45) is 2.88. The molecular weight excluding hydrogens is 362 g/mol. The molecule has 2 aliphatic heterocycles. The van der Waals surface area contributed by atoms with Gasteiger partial charge in [0, 0.05) is 38.1 Å². The molecule has 1 amide bonds. The van der Waals surface area contributed by atoms with E-state index in [1.165, 1.54) is 0 Å². The van der Waals surface area contributed by atoms with E-state index in [0.29, 0.717) is 30.8 Å². The molecule has 0 aromatic heterocycles. The Morgan fingerprint density at radius 3 is 2.00 bits per heavy atom. The Bertz CT molecular complexity index is 783. The van der Waals surface area contributed by atoms with Gasteiger partial charge in [-0.1, -0.05) is 17.7 Å². The van der Waals surface area contributed by atoms with Crippen molar-refractivity contribution in [1.82, 2.24) is 9.21 Å². The smallest absolute Gasteiger partial charge is 0.243 e. The minimum Gasteiger partial charge on any atom is -0.342 e. The lowest BCUT2D eigenvalue weighted by molar-refractivity contribution is -0.137. The molecule has 0 spiro atoms. The summed E-state index contributed by atoms with van der Waals surface area (Å²) in [6, 6.07) is 4.02. The van der Waals surface area contributed by atoms with Crippen LogP contribution in [0.25, 0.3) is 0 Å². The molecule has 2 saturated heterocycles. The number of nitrogens with two attached hydrogens (primary N) is 1. The first-order valence-corrected chi connectivity index (χ1v) is 11.3. The SMILES string of the molecule is Cc1cc(C)c(S(=O)(=O)N2CCC(C(=O)N3CCC(N)CC3)CC2)c(C)c1. The molecule has 0 unspecified atom stereocenters. The predicted molar refractivity (Wildman–Crippen MR) is 106 cm³/mol. The van der Waals surface area contributed by atoms with Crippen molar-refractivity contribution in [1.29, 1.82) is 0 Å². The van der Waals surface area contributed by atoms with E-state index >= 15 is 0 Å². The largest absolute Gasteiger partial charge is 0.342 e. The van der Waals surface area contributed by atoms with Gasteiger partial charge in [0.1, 0.15) is 0 Å². The summed E-state index contributed by atoms with van der Waals surface area (Å²) in [5.74, 6) is 0.0904. The molecule has 7 heteroatoms. The van der Waals surface area contributed by atoms with Gasteiger partial charge in [-0.15, -0.1) is 0 Å².